The van der Waals surface area contributed by atoms with E-state index in [1.807, 2.05) is 42.8 Å². The second-order valence-corrected chi connectivity index (χ2v) is 10.3. The number of amides is 2. The molecule has 0 bridgehead atoms. The van der Waals surface area contributed by atoms with Gasteiger partial charge in [-0.05, 0) is 49.8 Å². The van der Waals surface area contributed by atoms with E-state index in [1.54, 1.807) is 6.92 Å². The van der Waals surface area contributed by atoms with E-state index in [-0.39, 0.29) is 23.0 Å². The zero-order valence-electron chi connectivity index (χ0n) is 21.2. The van der Waals surface area contributed by atoms with Gasteiger partial charge in [0.1, 0.15) is 11.7 Å². The third-order valence-corrected chi connectivity index (χ3v) is 6.80. The summed E-state index contributed by atoms with van der Waals surface area (Å²) in [6.45, 7) is 10.6. The number of ketones is 1. The molecule has 0 radical (unpaired) electrons. The number of fused-ring (bicyclic) bond motifs is 2. The van der Waals surface area contributed by atoms with Crippen LogP contribution in [-0.2, 0) is 17.8 Å². The van der Waals surface area contributed by atoms with Crippen LogP contribution in [0.3, 0.4) is 0 Å². The van der Waals surface area contributed by atoms with Crippen molar-refractivity contribution in [2.24, 2.45) is 5.41 Å². The van der Waals surface area contributed by atoms with Crippen LogP contribution < -0.4 is 10.6 Å². The van der Waals surface area contributed by atoms with Gasteiger partial charge in [-0.3, -0.25) is 19.1 Å². The molecule has 2 amide bonds. The highest BCUT2D eigenvalue weighted by atomic mass is 16.2. The molecule has 1 atom stereocenters. The largest absolute Gasteiger partial charge is 0.354 e. The Bertz CT molecular complexity index is 1280. The number of carbonyl (C=O) groups excluding carboxylic acids is 3. The zero-order chi connectivity index (χ0) is 25.3. The molecule has 4 rings (SSSR count). The van der Waals surface area contributed by atoms with Crippen LogP contribution >= 0.6 is 0 Å². The summed E-state index contributed by atoms with van der Waals surface area (Å²) in [5.74, 6) is -0.127. The van der Waals surface area contributed by atoms with E-state index >= 15 is 0 Å². The van der Waals surface area contributed by atoms with E-state index in [4.69, 9.17) is 0 Å². The third-order valence-electron chi connectivity index (χ3n) is 6.80. The first-order valence-electron chi connectivity index (χ1n) is 12.5. The Kier molecular flexibility index (Phi) is 6.83. The Hall–Kier alpha value is -3.42. The molecule has 3 N–H and O–H groups in total. The SMILES string of the molecule is CCCCC(NC(=O)c1[nH]c2c(c1C)C(=O)CC(C)(C)C2)C(=O)Nc1nn(CC)c2ccccc12. The van der Waals surface area contributed by atoms with Gasteiger partial charge in [0.05, 0.1) is 5.52 Å². The number of hydrogen-bond acceptors (Lipinski definition) is 4. The van der Waals surface area contributed by atoms with E-state index in [2.05, 4.69) is 34.6 Å². The van der Waals surface area contributed by atoms with Gasteiger partial charge in [-0.2, -0.15) is 5.10 Å². The molecule has 0 aliphatic heterocycles. The standard InChI is InChI=1S/C27H35N5O3/c1-6-8-12-18(25(34)30-24-17-11-9-10-13-20(17)32(7-2)31-24)29-26(35)23-16(3)22-19(28-23)14-27(4,5)15-21(22)33/h9-11,13,18,28H,6-8,12,14-15H2,1-5H3,(H,29,35)(H,30,31,34). The monoisotopic (exact) mass is 477 g/mol. The fourth-order valence-electron chi connectivity index (χ4n) is 5.03. The van der Waals surface area contributed by atoms with Crippen LogP contribution in [0, 0.1) is 12.3 Å². The Balaban J connectivity index is 1.57. The molecular weight excluding hydrogens is 442 g/mol. The van der Waals surface area contributed by atoms with Crippen molar-refractivity contribution < 1.29 is 14.4 Å². The van der Waals surface area contributed by atoms with Crippen molar-refractivity contribution in [3.05, 3.63) is 46.8 Å². The molecule has 35 heavy (non-hydrogen) atoms. The second-order valence-electron chi connectivity index (χ2n) is 10.3. The van der Waals surface area contributed by atoms with E-state index in [9.17, 15) is 14.4 Å². The molecule has 8 nitrogen and oxygen atoms in total. The minimum atomic E-state index is -0.722. The molecule has 0 fully saturated rings. The average molecular weight is 478 g/mol. The van der Waals surface area contributed by atoms with Crippen LogP contribution in [-0.4, -0.2) is 38.4 Å². The van der Waals surface area contributed by atoms with E-state index in [0.717, 1.165) is 29.4 Å². The van der Waals surface area contributed by atoms with Crippen LogP contribution in [0.2, 0.25) is 0 Å². The molecular formula is C27H35N5O3. The summed E-state index contributed by atoms with van der Waals surface area (Å²) < 4.78 is 1.84. The van der Waals surface area contributed by atoms with Crippen LogP contribution in [0.4, 0.5) is 5.82 Å². The maximum absolute atomic E-state index is 13.3. The summed E-state index contributed by atoms with van der Waals surface area (Å²) in [5, 5.41) is 11.3. The van der Waals surface area contributed by atoms with Crippen LogP contribution in [0.15, 0.2) is 24.3 Å². The fourth-order valence-corrected chi connectivity index (χ4v) is 5.03. The molecule has 1 aromatic carbocycles. The number of unbranched alkanes of at least 4 members (excludes halogenated alkanes) is 1. The number of aromatic nitrogens is 3. The third kappa shape index (κ3) is 4.88. The number of carbonyl (C=O) groups is 3. The maximum Gasteiger partial charge on any atom is 0.268 e. The lowest BCUT2D eigenvalue weighted by molar-refractivity contribution is -0.118. The van der Waals surface area contributed by atoms with Gasteiger partial charge < -0.3 is 15.6 Å². The number of Topliss-reactive ketones (excluding diaryl/α,β-unsaturated/α-hetero) is 1. The summed E-state index contributed by atoms with van der Waals surface area (Å²) in [6, 6.07) is 7.02. The lowest BCUT2D eigenvalue weighted by Gasteiger charge is -2.28. The van der Waals surface area contributed by atoms with Gasteiger partial charge in [-0.25, -0.2) is 0 Å². The first kappa shape index (κ1) is 24.7. The second kappa shape index (κ2) is 9.68. The number of aromatic amines is 1. The van der Waals surface area contributed by atoms with Gasteiger partial charge in [0.15, 0.2) is 11.6 Å². The van der Waals surface area contributed by atoms with E-state index in [1.165, 1.54) is 0 Å². The highest BCUT2D eigenvalue weighted by Crippen LogP contribution is 2.36. The predicted molar refractivity (Wildman–Crippen MR) is 137 cm³/mol. The summed E-state index contributed by atoms with van der Waals surface area (Å²) in [6.07, 6.45) is 3.35. The normalized spacial score (nSPS) is 15.6. The van der Waals surface area contributed by atoms with Gasteiger partial charge in [0.25, 0.3) is 5.91 Å². The molecule has 1 unspecified atom stereocenters. The van der Waals surface area contributed by atoms with Crippen molar-refractivity contribution in [3.8, 4) is 0 Å². The fraction of sp³-hybridized carbons (Fsp3) is 0.481. The molecule has 8 heteroatoms. The van der Waals surface area contributed by atoms with Crippen LogP contribution in [0.25, 0.3) is 10.9 Å². The summed E-state index contributed by atoms with van der Waals surface area (Å²) in [5.41, 5.74) is 3.24. The molecule has 186 valence electrons. The molecule has 1 aliphatic rings. The highest BCUT2D eigenvalue weighted by Gasteiger charge is 2.35. The molecule has 0 saturated carbocycles. The van der Waals surface area contributed by atoms with Crippen molar-refractivity contribution in [1.29, 1.82) is 0 Å². The Labute approximate surface area is 205 Å². The molecule has 2 heterocycles. The van der Waals surface area contributed by atoms with Gasteiger partial charge >= 0.3 is 0 Å². The van der Waals surface area contributed by atoms with Gasteiger partial charge in [-0.1, -0.05) is 45.7 Å². The molecule has 0 spiro atoms. The summed E-state index contributed by atoms with van der Waals surface area (Å²) in [7, 11) is 0. The molecule has 3 aromatic rings. The summed E-state index contributed by atoms with van der Waals surface area (Å²) in [4.78, 5) is 42.5. The number of anilines is 1. The lowest BCUT2D eigenvalue weighted by Crippen LogP contribution is -2.44. The number of nitrogens with zero attached hydrogens (tertiary/aromatic N) is 2. The predicted octanol–water partition coefficient (Wildman–Crippen LogP) is 4.78. The van der Waals surface area contributed by atoms with Gasteiger partial charge in [-0.15, -0.1) is 0 Å². The number of benzene rings is 1. The lowest BCUT2D eigenvalue weighted by atomic mass is 9.75. The number of H-pyrrole nitrogens is 1. The van der Waals surface area contributed by atoms with Crippen molar-refractivity contribution in [2.45, 2.75) is 79.3 Å². The average Bonchev–Trinajstić information content (AvgIpc) is 3.33. The maximum atomic E-state index is 13.3. The Morgan fingerprint density at radius 1 is 1.20 bits per heavy atom. The van der Waals surface area contributed by atoms with E-state index < -0.39 is 6.04 Å². The number of hydrogen-bond donors (Lipinski definition) is 3. The minimum Gasteiger partial charge on any atom is -0.354 e. The van der Waals surface area contributed by atoms with Crippen molar-refractivity contribution in [2.75, 3.05) is 5.32 Å². The first-order chi connectivity index (χ1) is 16.6. The molecule has 0 saturated heterocycles. The van der Waals surface area contributed by atoms with Crippen molar-refractivity contribution in [1.82, 2.24) is 20.1 Å². The van der Waals surface area contributed by atoms with Gasteiger partial charge in [0.2, 0.25) is 5.91 Å². The molecule has 1 aliphatic carbocycles. The summed E-state index contributed by atoms with van der Waals surface area (Å²) >= 11 is 0. The number of nitrogens with one attached hydrogen (secondary N) is 3. The van der Waals surface area contributed by atoms with Crippen molar-refractivity contribution >= 4 is 34.3 Å². The Morgan fingerprint density at radius 3 is 2.66 bits per heavy atom. The van der Waals surface area contributed by atoms with E-state index in [0.29, 0.717) is 48.4 Å². The van der Waals surface area contributed by atoms with Crippen LogP contribution in [0.1, 0.15) is 85.5 Å². The Morgan fingerprint density at radius 2 is 1.94 bits per heavy atom. The van der Waals surface area contributed by atoms with Crippen molar-refractivity contribution in [3.63, 3.8) is 0 Å². The topological polar surface area (TPSA) is 109 Å². The minimum absolute atomic E-state index is 0.0581. The molecule has 2 aromatic heterocycles. The first-order valence-corrected chi connectivity index (χ1v) is 12.5. The number of aryl methyl sites for hydroxylation is 1. The smallest absolute Gasteiger partial charge is 0.268 e. The highest BCUT2D eigenvalue weighted by molar-refractivity contribution is 6.07. The quantitative estimate of drug-likeness (QED) is 0.434. The van der Waals surface area contributed by atoms with Gasteiger partial charge in [0, 0.05) is 29.6 Å². The zero-order valence-corrected chi connectivity index (χ0v) is 21.2. The van der Waals surface area contributed by atoms with Crippen LogP contribution in [0.5, 0.6) is 0 Å². The number of rotatable bonds is 8. The number of para-hydroxylation sites is 1.